The van der Waals surface area contributed by atoms with E-state index in [9.17, 15) is 29.7 Å². The van der Waals surface area contributed by atoms with Gasteiger partial charge in [0.1, 0.15) is 29.6 Å². The molecule has 2 aromatic carbocycles. The van der Waals surface area contributed by atoms with Gasteiger partial charge in [0, 0.05) is 5.70 Å². The molecule has 4 aromatic rings. The summed E-state index contributed by atoms with van der Waals surface area (Å²) in [7, 11) is 3.78. The van der Waals surface area contributed by atoms with Gasteiger partial charge < -0.3 is 46.8 Å². The van der Waals surface area contributed by atoms with Crippen molar-refractivity contribution in [3.63, 3.8) is 0 Å². The van der Waals surface area contributed by atoms with Crippen molar-refractivity contribution in [3.8, 4) is 12.1 Å². The third-order valence-corrected chi connectivity index (χ3v) is 12.6. The van der Waals surface area contributed by atoms with Gasteiger partial charge in [-0.05, 0) is 82.3 Å². The minimum atomic E-state index is -0.895. The average Bonchev–Trinajstić information content (AvgIpc) is 4.18. The normalized spacial score (nSPS) is 17.9. The Labute approximate surface area is 346 Å². The first kappa shape index (κ1) is 40.4. The van der Waals surface area contributed by atoms with Crippen LogP contribution in [0.15, 0.2) is 92.6 Å². The van der Waals surface area contributed by atoms with Crippen molar-refractivity contribution in [2.45, 2.75) is 37.5 Å². The number of nitriles is 2. The van der Waals surface area contributed by atoms with E-state index in [1.165, 1.54) is 44.0 Å². The Kier molecular flexibility index (Phi) is 11.3. The van der Waals surface area contributed by atoms with Crippen LogP contribution in [-0.4, -0.2) is 51.8 Å². The Hall–Kier alpha value is -6.82. The van der Waals surface area contributed by atoms with E-state index in [2.05, 4.69) is 22.8 Å². The predicted molar refractivity (Wildman–Crippen MR) is 218 cm³/mol. The first-order valence-electron chi connectivity index (χ1n) is 18.5. The zero-order valence-electron chi connectivity index (χ0n) is 32.2. The molecule has 0 saturated heterocycles. The fourth-order valence-corrected chi connectivity index (χ4v) is 9.48. The number of allylic oxidation sites excluding steroid dienone is 1. The molecule has 2 fully saturated rings. The highest BCUT2D eigenvalue weighted by Gasteiger charge is 2.45. The van der Waals surface area contributed by atoms with Gasteiger partial charge in [-0.15, -0.1) is 22.7 Å². The van der Waals surface area contributed by atoms with Crippen LogP contribution in [0.5, 0.6) is 0 Å². The minimum absolute atomic E-state index is 0.00668. The van der Waals surface area contributed by atoms with E-state index in [0.717, 1.165) is 46.0 Å². The van der Waals surface area contributed by atoms with Crippen LogP contribution in [0.2, 0.25) is 0 Å². The highest BCUT2D eigenvalue weighted by atomic mass is 32.1. The first-order valence-corrected chi connectivity index (χ1v) is 20.2. The summed E-state index contributed by atoms with van der Waals surface area (Å²) in [5.41, 5.74) is 22.2. The fraction of sp³-hybridized carbons (Fsp3) is 0.286. The van der Waals surface area contributed by atoms with E-state index in [4.69, 9.17) is 36.1 Å². The van der Waals surface area contributed by atoms with Gasteiger partial charge in [-0.25, -0.2) is 19.2 Å². The maximum Gasteiger partial charge on any atom is 0.338 e. The molecule has 0 radical (unpaired) electrons. The Morgan fingerprint density at radius 2 is 1.10 bits per heavy atom. The smallest absolute Gasteiger partial charge is 0.338 e. The number of carbonyl (C=O) groups excluding carboxylic acids is 4. The molecule has 0 bridgehead atoms. The van der Waals surface area contributed by atoms with Crippen LogP contribution in [-0.2, 0) is 38.1 Å². The standard InChI is InChI=1S/C24H23N3O4S.C18H16N4O4S/c1-30-23(28)18-17(16-11-32-21-14(9-25)3-2-4-15(16)21)19(24(29)31-10-12-5-6-12)22(26)27-20(18)13-7-8-13;1-25-17(23)12-11(13(18(24)26-2)16(21)22-15(12)20)10-7-27-14-8(6-19)4-3-5-9(10)14/h2-4,11-13,17,27H,5-8,10,26H2,1H3;3-5,7,11,22H,20-21H2,1-2H3. The molecule has 2 aliphatic heterocycles. The number of fused-ring (bicyclic) bond motifs is 2. The van der Waals surface area contributed by atoms with Crippen molar-refractivity contribution in [2.75, 3.05) is 27.9 Å². The van der Waals surface area contributed by atoms with Gasteiger partial charge in [0.05, 0.1) is 82.6 Å². The van der Waals surface area contributed by atoms with Gasteiger partial charge in [-0.1, -0.05) is 24.3 Å². The lowest BCUT2D eigenvalue weighted by Gasteiger charge is -2.31. The molecule has 0 spiro atoms. The van der Waals surface area contributed by atoms with Crippen LogP contribution >= 0.6 is 22.7 Å². The fourth-order valence-electron chi connectivity index (χ4n) is 7.36. The third kappa shape index (κ3) is 7.53. The second-order valence-corrected chi connectivity index (χ2v) is 15.9. The first-order chi connectivity index (χ1) is 28.5. The SMILES string of the molecule is COC(=O)C1=C(C2CC2)NC(N)=C(C(=O)OCC2CC2)C1c1csc2c(C#N)cccc12.COC(=O)C1=C(N)NC(N)=C(C(=O)OC)C1c1csc2c(C#N)cccc12. The summed E-state index contributed by atoms with van der Waals surface area (Å²) in [4.78, 5) is 51.2. The second-order valence-electron chi connectivity index (χ2n) is 14.2. The number of esters is 4. The highest BCUT2D eigenvalue weighted by Crippen LogP contribution is 2.49. The summed E-state index contributed by atoms with van der Waals surface area (Å²) in [6.45, 7) is 0.345. The zero-order valence-corrected chi connectivity index (χ0v) is 33.8. The monoisotopic (exact) mass is 833 g/mol. The van der Waals surface area contributed by atoms with Gasteiger partial charge in [0.2, 0.25) is 0 Å². The second kappa shape index (κ2) is 16.6. The zero-order chi connectivity index (χ0) is 42.1. The summed E-state index contributed by atoms with van der Waals surface area (Å²) in [5.74, 6) is -3.28. The molecule has 4 heterocycles. The van der Waals surface area contributed by atoms with Gasteiger partial charge in [-0.2, -0.15) is 10.5 Å². The van der Waals surface area contributed by atoms with E-state index in [0.29, 0.717) is 45.9 Å². The highest BCUT2D eigenvalue weighted by molar-refractivity contribution is 7.18. The molecule has 2 aromatic heterocycles. The van der Waals surface area contributed by atoms with Crippen molar-refractivity contribution < 1.29 is 38.1 Å². The molecule has 4 aliphatic rings. The van der Waals surface area contributed by atoms with Gasteiger partial charge in [0.25, 0.3) is 0 Å². The van der Waals surface area contributed by atoms with E-state index in [-0.39, 0.29) is 40.1 Å². The van der Waals surface area contributed by atoms with Crippen LogP contribution in [0.1, 0.15) is 59.8 Å². The molecular weight excluding hydrogens is 795 g/mol. The van der Waals surface area contributed by atoms with Crippen LogP contribution in [0.25, 0.3) is 20.2 Å². The predicted octanol–water partition coefficient (Wildman–Crippen LogP) is 4.57. The quantitative estimate of drug-likeness (QED) is 0.114. The number of nitrogens with two attached hydrogens (primary N) is 3. The summed E-state index contributed by atoms with van der Waals surface area (Å²) in [6, 6.07) is 15.0. The van der Waals surface area contributed by atoms with Crippen molar-refractivity contribution >= 4 is 66.7 Å². The minimum Gasteiger partial charge on any atom is -0.466 e. The van der Waals surface area contributed by atoms with Crippen LogP contribution < -0.4 is 27.8 Å². The van der Waals surface area contributed by atoms with Gasteiger partial charge in [-0.3, -0.25) is 0 Å². The molecule has 0 amide bonds. The van der Waals surface area contributed by atoms with E-state index in [1.807, 2.05) is 11.4 Å². The van der Waals surface area contributed by atoms with Crippen LogP contribution in [0.3, 0.4) is 0 Å². The molecule has 15 nitrogen and oxygen atoms in total. The molecule has 2 saturated carbocycles. The molecule has 1 unspecified atom stereocenters. The summed E-state index contributed by atoms with van der Waals surface area (Å²) in [6.07, 6.45) is 3.98. The molecule has 1 atom stereocenters. The molecule has 59 heavy (non-hydrogen) atoms. The van der Waals surface area contributed by atoms with Crippen molar-refractivity contribution in [3.05, 3.63) is 115 Å². The van der Waals surface area contributed by atoms with Crippen molar-refractivity contribution in [1.29, 1.82) is 10.5 Å². The number of hydrogen-bond acceptors (Lipinski definition) is 17. The Morgan fingerprint density at radius 3 is 1.54 bits per heavy atom. The molecule has 2 aliphatic carbocycles. The average molecular weight is 834 g/mol. The number of thiophene rings is 2. The number of benzene rings is 2. The van der Waals surface area contributed by atoms with E-state index in [1.54, 1.807) is 35.7 Å². The summed E-state index contributed by atoms with van der Waals surface area (Å²) in [5, 5.41) is 29.8. The maximum atomic E-state index is 13.2. The third-order valence-electron chi connectivity index (χ3n) is 10.5. The van der Waals surface area contributed by atoms with Crippen molar-refractivity contribution in [2.24, 2.45) is 29.0 Å². The molecule has 302 valence electrons. The Bertz CT molecular complexity index is 2610. The maximum absolute atomic E-state index is 13.2. The number of ether oxygens (including phenoxy) is 4. The summed E-state index contributed by atoms with van der Waals surface area (Å²) >= 11 is 2.75. The van der Waals surface area contributed by atoms with Crippen molar-refractivity contribution in [1.82, 2.24) is 10.6 Å². The van der Waals surface area contributed by atoms with Gasteiger partial charge >= 0.3 is 23.9 Å². The Morgan fingerprint density at radius 1 is 0.661 bits per heavy atom. The molecule has 17 heteroatoms. The molecular formula is C42H39N7O8S2. The number of nitrogens with zero attached hydrogens (tertiary/aromatic N) is 2. The topological polar surface area (TPSA) is 255 Å². The Balaban J connectivity index is 0.000000182. The molecule has 8 rings (SSSR count). The number of rotatable bonds is 9. The van der Waals surface area contributed by atoms with Gasteiger partial charge in [0.15, 0.2) is 0 Å². The van der Waals surface area contributed by atoms with E-state index < -0.39 is 35.7 Å². The van der Waals surface area contributed by atoms with Crippen LogP contribution in [0.4, 0.5) is 0 Å². The van der Waals surface area contributed by atoms with Crippen LogP contribution in [0, 0.1) is 34.5 Å². The number of methoxy groups -OCH3 is 3. The molecule has 8 N–H and O–H groups in total. The van der Waals surface area contributed by atoms with E-state index >= 15 is 0 Å². The summed E-state index contributed by atoms with van der Waals surface area (Å²) < 4.78 is 22.0. The number of carbonyl (C=O) groups is 4. The lowest BCUT2D eigenvalue weighted by molar-refractivity contribution is -0.140. The lowest BCUT2D eigenvalue weighted by atomic mass is 9.80. The lowest BCUT2D eigenvalue weighted by Crippen LogP contribution is -2.39. The number of hydrogen-bond donors (Lipinski definition) is 5. The largest absolute Gasteiger partial charge is 0.466 e. The number of nitrogens with one attached hydrogen (secondary N) is 2. The number of dihydropyridines is 2.